The van der Waals surface area contributed by atoms with E-state index in [2.05, 4.69) is 12.2 Å². The first kappa shape index (κ1) is 10.6. The van der Waals surface area contributed by atoms with Crippen molar-refractivity contribution < 1.29 is 4.79 Å². The number of nitrogens with one attached hydrogen (secondary N) is 2. The number of unbranched alkanes of at least 4 members (excludes halogenated alkanes) is 3. The van der Waals surface area contributed by atoms with E-state index in [-0.39, 0.29) is 11.2 Å². The fourth-order valence-electron chi connectivity index (χ4n) is 1.36. The Morgan fingerprint density at radius 3 is 2.77 bits per heavy atom. The van der Waals surface area contributed by atoms with Crippen LogP contribution in [0.5, 0.6) is 0 Å². The van der Waals surface area contributed by atoms with Gasteiger partial charge in [-0.1, -0.05) is 44.4 Å². The quantitative estimate of drug-likeness (QED) is 0.668. The molecule has 0 saturated carbocycles. The third kappa shape index (κ3) is 3.38. The van der Waals surface area contributed by atoms with Crippen LogP contribution in [0.3, 0.4) is 0 Å². The highest BCUT2D eigenvalue weighted by Gasteiger charge is 2.28. The van der Waals surface area contributed by atoms with Crippen LogP contribution in [-0.4, -0.2) is 16.3 Å². The molecule has 1 fully saturated rings. The smallest absolute Gasteiger partial charge is 0.239 e. The third-order valence-corrected chi connectivity index (χ3v) is 3.18. The maximum atomic E-state index is 11.2. The van der Waals surface area contributed by atoms with Crippen LogP contribution in [0.25, 0.3) is 0 Å². The summed E-state index contributed by atoms with van der Waals surface area (Å²) in [6.45, 7) is 2.17. The second-order valence-electron chi connectivity index (χ2n) is 3.27. The highest BCUT2D eigenvalue weighted by molar-refractivity contribution is 8.15. The fourth-order valence-corrected chi connectivity index (χ4v) is 2.26. The first-order chi connectivity index (χ1) is 6.24. The van der Waals surface area contributed by atoms with Gasteiger partial charge in [-0.3, -0.25) is 10.2 Å². The van der Waals surface area contributed by atoms with E-state index in [1.165, 1.54) is 31.0 Å². The maximum Gasteiger partial charge on any atom is 0.239 e. The molecule has 1 heterocycles. The zero-order valence-electron chi connectivity index (χ0n) is 7.93. The predicted molar refractivity (Wildman–Crippen MR) is 56.0 cm³/mol. The molecule has 1 unspecified atom stereocenters. The summed E-state index contributed by atoms with van der Waals surface area (Å²) in [5.41, 5.74) is 0. The van der Waals surface area contributed by atoms with Crippen LogP contribution in [0.4, 0.5) is 0 Å². The van der Waals surface area contributed by atoms with E-state index in [9.17, 15) is 4.79 Å². The topological polar surface area (TPSA) is 53.0 Å². The summed E-state index contributed by atoms with van der Waals surface area (Å²) in [6, 6.07) is 0. The number of rotatable bonds is 5. The minimum Gasteiger partial charge on any atom is -0.305 e. The molecular weight excluding hydrogens is 184 g/mol. The van der Waals surface area contributed by atoms with Gasteiger partial charge in [0.15, 0.2) is 5.17 Å². The van der Waals surface area contributed by atoms with Crippen LogP contribution in [0.15, 0.2) is 0 Å². The number of carbonyl (C=O) groups is 1. The van der Waals surface area contributed by atoms with Gasteiger partial charge in [-0.05, 0) is 6.42 Å². The number of hydrogen-bond donors (Lipinski definition) is 2. The van der Waals surface area contributed by atoms with E-state index in [1.807, 2.05) is 0 Å². The SMILES string of the molecule is CCCCCCC1SC(=N)NC1=O. The molecule has 1 rings (SSSR count). The Kier molecular flexibility index (Phi) is 4.28. The highest BCUT2D eigenvalue weighted by Crippen LogP contribution is 2.23. The molecule has 0 aromatic rings. The molecule has 1 saturated heterocycles. The van der Waals surface area contributed by atoms with Crippen molar-refractivity contribution in [2.24, 2.45) is 0 Å². The second kappa shape index (κ2) is 5.27. The second-order valence-corrected chi connectivity index (χ2v) is 4.49. The van der Waals surface area contributed by atoms with Crippen LogP contribution in [0, 0.1) is 5.41 Å². The molecule has 2 N–H and O–H groups in total. The van der Waals surface area contributed by atoms with Crippen LogP contribution >= 0.6 is 11.8 Å². The van der Waals surface area contributed by atoms with E-state index in [0.717, 1.165) is 12.8 Å². The van der Waals surface area contributed by atoms with Crippen molar-refractivity contribution in [2.45, 2.75) is 44.3 Å². The van der Waals surface area contributed by atoms with Gasteiger partial charge in [-0.15, -0.1) is 0 Å². The maximum absolute atomic E-state index is 11.2. The van der Waals surface area contributed by atoms with Crippen molar-refractivity contribution in [1.82, 2.24) is 5.32 Å². The predicted octanol–water partition coefficient (Wildman–Crippen LogP) is 2.12. The number of carbonyl (C=O) groups excluding carboxylic acids is 1. The summed E-state index contributed by atoms with van der Waals surface area (Å²) in [6.07, 6.45) is 5.69. The largest absolute Gasteiger partial charge is 0.305 e. The Hall–Kier alpha value is -0.510. The third-order valence-electron chi connectivity index (χ3n) is 2.11. The highest BCUT2D eigenvalue weighted by atomic mass is 32.2. The molecule has 0 spiro atoms. The molecule has 1 amide bonds. The van der Waals surface area contributed by atoms with Gasteiger partial charge in [-0.2, -0.15) is 0 Å². The van der Waals surface area contributed by atoms with Crippen molar-refractivity contribution >= 4 is 22.8 Å². The Morgan fingerprint density at radius 1 is 1.46 bits per heavy atom. The summed E-state index contributed by atoms with van der Waals surface area (Å²) in [7, 11) is 0. The number of hydrogen-bond acceptors (Lipinski definition) is 3. The zero-order chi connectivity index (χ0) is 9.68. The summed E-state index contributed by atoms with van der Waals surface area (Å²) in [5.74, 6) is 0.0199. The lowest BCUT2D eigenvalue weighted by Gasteiger charge is -2.03. The fraction of sp³-hybridized carbons (Fsp3) is 0.778. The number of amides is 1. The summed E-state index contributed by atoms with van der Waals surface area (Å²) in [4.78, 5) is 11.2. The monoisotopic (exact) mass is 200 g/mol. The Morgan fingerprint density at radius 2 is 2.23 bits per heavy atom. The normalized spacial score (nSPS) is 22.1. The molecule has 0 bridgehead atoms. The Bertz CT molecular complexity index is 206. The summed E-state index contributed by atoms with van der Waals surface area (Å²) in [5, 5.41) is 10.1. The zero-order valence-corrected chi connectivity index (χ0v) is 8.75. The van der Waals surface area contributed by atoms with Gasteiger partial charge >= 0.3 is 0 Å². The van der Waals surface area contributed by atoms with Crippen LogP contribution < -0.4 is 5.32 Å². The molecule has 0 aromatic carbocycles. The average molecular weight is 200 g/mol. The first-order valence-electron chi connectivity index (χ1n) is 4.80. The molecular formula is C9H16N2OS. The summed E-state index contributed by atoms with van der Waals surface area (Å²) >= 11 is 1.35. The van der Waals surface area contributed by atoms with E-state index < -0.39 is 0 Å². The number of amidine groups is 1. The Labute approximate surface area is 83.2 Å². The van der Waals surface area contributed by atoms with Gasteiger partial charge in [0.2, 0.25) is 5.91 Å². The van der Waals surface area contributed by atoms with Crippen molar-refractivity contribution in [2.75, 3.05) is 0 Å². The van der Waals surface area contributed by atoms with Crippen LogP contribution in [-0.2, 0) is 4.79 Å². The minimum absolute atomic E-state index is 0.00403. The molecule has 0 aliphatic carbocycles. The average Bonchev–Trinajstić information content (AvgIpc) is 2.39. The molecule has 3 nitrogen and oxygen atoms in total. The van der Waals surface area contributed by atoms with Crippen LogP contribution in [0.1, 0.15) is 39.0 Å². The van der Waals surface area contributed by atoms with Crippen molar-refractivity contribution in [3.05, 3.63) is 0 Å². The standard InChI is InChI=1S/C9H16N2OS/c1-2-3-4-5-6-7-8(12)11-9(10)13-7/h7H,2-6H2,1H3,(H2,10,11,12). The van der Waals surface area contributed by atoms with Gasteiger partial charge < -0.3 is 5.32 Å². The van der Waals surface area contributed by atoms with Crippen molar-refractivity contribution in [3.63, 3.8) is 0 Å². The lowest BCUT2D eigenvalue weighted by Crippen LogP contribution is -2.24. The molecule has 0 radical (unpaired) electrons. The first-order valence-corrected chi connectivity index (χ1v) is 5.68. The lowest BCUT2D eigenvalue weighted by atomic mass is 10.1. The molecule has 74 valence electrons. The van der Waals surface area contributed by atoms with E-state index in [1.54, 1.807) is 0 Å². The van der Waals surface area contributed by atoms with E-state index in [4.69, 9.17) is 5.41 Å². The molecule has 1 aliphatic rings. The summed E-state index contributed by atoms with van der Waals surface area (Å²) < 4.78 is 0. The van der Waals surface area contributed by atoms with E-state index in [0.29, 0.717) is 5.17 Å². The molecule has 4 heteroatoms. The van der Waals surface area contributed by atoms with Crippen LogP contribution in [0.2, 0.25) is 0 Å². The minimum atomic E-state index is 0.00403. The van der Waals surface area contributed by atoms with Gasteiger partial charge in [0.1, 0.15) is 0 Å². The van der Waals surface area contributed by atoms with Gasteiger partial charge in [0.05, 0.1) is 5.25 Å². The number of thioether (sulfide) groups is 1. The van der Waals surface area contributed by atoms with Gasteiger partial charge in [-0.25, -0.2) is 0 Å². The van der Waals surface area contributed by atoms with Gasteiger partial charge in [0, 0.05) is 0 Å². The Balaban J connectivity index is 2.14. The van der Waals surface area contributed by atoms with Crippen molar-refractivity contribution in [1.29, 1.82) is 5.41 Å². The van der Waals surface area contributed by atoms with E-state index >= 15 is 0 Å². The lowest BCUT2D eigenvalue weighted by molar-refractivity contribution is -0.118. The molecule has 1 atom stereocenters. The van der Waals surface area contributed by atoms with Gasteiger partial charge in [0.25, 0.3) is 0 Å². The molecule has 0 aromatic heterocycles. The van der Waals surface area contributed by atoms with Crippen molar-refractivity contribution in [3.8, 4) is 0 Å². The molecule has 1 aliphatic heterocycles. The molecule has 13 heavy (non-hydrogen) atoms.